The lowest BCUT2D eigenvalue weighted by Gasteiger charge is -2.16. The van der Waals surface area contributed by atoms with Gasteiger partial charge >= 0.3 is 6.18 Å². The van der Waals surface area contributed by atoms with Crippen molar-refractivity contribution < 1.29 is 17.6 Å². The highest BCUT2D eigenvalue weighted by Gasteiger charge is 2.32. The molecular formula is C20H15F4NO. The molecule has 0 aliphatic carbocycles. The molecular weight excluding hydrogens is 346 g/mol. The van der Waals surface area contributed by atoms with E-state index in [0.717, 1.165) is 11.6 Å². The Hall–Kier alpha value is -2.89. The minimum Gasteiger partial charge on any atom is -0.304 e. The van der Waals surface area contributed by atoms with E-state index in [1.165, 1.54) is 22.8 Å². The summed E-state index contributed by atoms with van der Waals surface area (Å²) in [5.74, 6) is -0.473. The first-order chi connectivity index (χ1) is 12.2. The average Bonchev–Trinajstić information content (AvgIpc) is 2.55. The number of hydrogen-bond donors (Lipinski definition) is 0. The van der Waals surface area contributed by atoms with Gasteiger partial charge < -0.3 is 4.57 Å². The highest BCUT2D eigenvalue weighted by molar-refractivity contribution is 5.61. The molecule has 0 fully saturated rings. The van der Waals surface area contributed by atoms with Crippen molar-refractivity contribution in [3.63, 3.8) is 0 Å². The van der Waals surface area contributed by atoms with Crippen LogP contribution >= 0.6 is 0 Å². The normalized spacial score (nSPS) is 11.6. The van der Waals surface area contributed by atoms with Crippen LogP contribution in [0.5, 0.6) is 0 Å². The minimum atomic E-state index is -4.63. The number of nitrogens with zero attached hydrogens (tertiary/aromatic N) is 1. The van der Waals surface area contributed by atoms with Crippen LogP contribution in [-0.2, 0) is 12.7 Å². The number of aryl methyl sites for hydroxylation is 1. The summed E-state index contributed by atoms with van der Waals surface area (Å²) in [6.07, 6.45) is -4.63. The van der Waals surface area contributed by atoms with Crippen molar-refractivity contribution in [1.82, 2.24) is 4.57 Å². The molecule has 3 aromatic rings. The van der Waals surface area contributed by atoms with E-state index in [1.807, 2.05) is 13.0 Å². The SMILES string of the molecule is Cc1cccc(-c2cc(C(F)(F)F)cc(=O)n2Cc2cccc(F)c2)c1. The van der Waals surface area contributed by atoms with Gasteiger partial charge in [-0.25, -0.2) is 4.39 Å². The Morgan fingerprint density at radius 2 is 1.69 bits per heavy atom. The molecule has 0 aliphatic heterocycles. The zero-order valence-electron chi connectivity index (χ0n) is 13.8. The minimum absolute atomic E-state index is 0.0298. The second-order valence-corrected chi connectivity index (χ2v) is 6.05. The van der Waals surface area contributed by atoms with Crippen molar-refractivity contribution in [1.29, 1.82) is 0 Å². The third-order valence-electron chi connectivity index (χ3n) is 4.00. The number of alkyl halides is 3. The fourth-order valence-corrected chi connectivity index (χ4v) is 2.78. The zero-order chi connectivity index (χ0) is 18.9. The van der Waals surface area contributed by atoms with E-state index in [4.69, 9.17) is 0 Å². The fraction of sp³-hybridized carbons (Fsp3) is 0.150. The Kier molecular flexibility index (Phi) is 4.68. The van der Waals surface area contributed by atoms with E-state index in [-0.39, 0.29) is 12.2 Å². The third kappa shape index (κ3) is 3.85. The van der Waals surface area contributed by atoms with Gasteiger partial charge in [0.2, 0.25) is 0 Å². The first-order valence-electron chi connectivity index (χ1n) is 7.87. The van der Waals surface area contributed by atoms with Crippen molar-refractivity contribution in [3.05, 3.63) is 93.5 Å². The summed E-state index contributed by atoms with van der Waals surface area (Å²) in [6.45, 7) is 1.78. The van der Waals surface area contributed by atoms with Crippen molar-refractivity contribution >= 4 is 0 Å². The van der Waals surface area contributed by atoms with Crippen LogP contribution in [0.3, 0.4) is 0 Å². The molecule has 0 amide bonds. The van der Waals surface area contributed by atoms with Gasteiger partial charge in [-0.3, -0.25) is 4.79 Å². The molecule has 0 bridgehead atoms. The maximum Gasteiger partial charge on any atom is 0.416 e. The van der Waals surface area contributed by atoms with Crippen LogP contribution in [0.2, 0.25) is 0 Å². The van der Waals surface area contributed by atoms with E-state index in [0.29, 0.717) is 17.2 Å². The molecule has 2 aromatic carbocycles. The summed E-state index contributed by atoms with van der Waals surface area (Å²) in [5.41, 5.74) is 0.169. The molecule has 0 spiro atoms. The summed E-state index contributed by atoms with van der Waals surface area (Å²) < 4.78 is 54.1. The van der Waals surface area contributed by atoms with Crippen molar-refractivity contribution in [2.75, 3.05) is 0 Å². The van der Waals surface area contributed by atoms with Gasteiger partial charge in [-0.05, 0) is 42.3 Å². The molecule has 0 aliphatic rings. The molecule has 134 valence electrons. The topological polar surface area (TPSA) is 22.0 Å². The zero-order valence-corrected chi connectivity index (χ0v) is 13.8. The fourth-order valence-electron chi connectivity index (χ4n) is 2.78. The largest absolute Gasteiger partial charge is 0.416 e. The number of rotatable bonds is 3. The second-order valence-electron chi connectivity index (χ2n) is 6.05. The number of benzene rings is 2. The lowest BCUT2D eigenvalue weighted by molar-refractivity contribution is -0.137. The summed E-state index contributed by atoms with van der Waals surface area (Å²) in [5, 5.41) is 0. The molecule has 0 saturated heterocycles. The second kappa shape index (κ2) is 6.78. The van der Waals surface area contributed by atoms with Gasteiger partial charge in [-0.2, -0.15) is 13.2 Å². The molecule has 3 rings (SSSR count). The molecule has 1 aromatic heterocycles. The third-order valence-corrected chi connectivity index (χ3v) is 4.00. The predicted molar refractivity (Wildman–Crippen MR) is 91.4 cm³/mol. The monoisotopic (exact) mass is 361 g/mol. The molecule has 0 unspecified atom stereocenters. The van der Waals surface area contributed by atoms with Gasteiger partial charge in [0.1, 0.15) is 5.82 Å². The van der Waals surface area contributed by atoms with Crippen LogP contribution in [0.1, 0.15) is 16.7 Å². The lowest BCUT2D eigenvalue weighted by Crippen LogP contribution is -2.24. The van der Waals surface area contributed by atoms with Gasteiger partial charge in [0.15, 0.2) is 0 Å². The summed E-state index contributed by atoms with van der Waals surface area (Å²) in [6, 6.07) is 14.0. The van der Waals surface area contributed by atoms with Crippen LogP contribution in [0.15, 0.2) is 65.5 Å². The van der Waals surface area contributed by atoms with Crippen molar-refractivity contribution in [2.45, 2.75) is 19.6 Å². The molecule has 0 saturated carbocycles. The molecule has 0 radical (unpaired) electrons. The molecule has 1 heterocycles. The van der Waals surface area contributed by atoms with Gasteiger partial charge in [-0.1, -0.05) is 35.9 Å². The van der Waals surface area contributed by atoms with Crippen LogP contribution in [0.4, 0.5) is 17.6 Å². The molecule has 2 nitrogen and oxygen atoms in total. The van der Waals surface area contributed by atoms with E-state index in [2.05, 4.69) is 0 Å². The lowest BCUT2D eigenvalue weighted by atomic mass is 10.0. The van der Waals surface area contributed by atoms with Crippen LogP contribution < -0.4 is 5.56 Å². The van der Waals surface area contributed by atoms with Gasteiger partial charge in [-0.15, -0.1) is 0 Å². The Morgan fingerprint density at radius 1 is 0.962 bits per heavy atom. The van der Waals surface area contributed by atoms with E-state index >= 15 is 0 Å². The molecule has 0 N–H and O–H groups in total. The standard InChI is InChI=1S/C20H15F4NO/c1-13-4-2-6-15(8-13)18-10-16(20(22,23)24)11-19(26)25(18)12-14-5-3-7-17(21)9-14/h2-11H,12H2,1H3. The van der Waals surface area contributed by atoms with Gasteiger partial charge in [0, 0.05) is 6.07 Å². The number of aromatic nitrogens is 1. The Morgan fingerprint density at radius 3 is 2.35 bits per heavy atom. The van der Waals surface area contributed by atoms with Crippen LogP contribution in [-0.4, -0.2) is 4.57 Å². The van der Waals surface area contributed by atoms with Gasteiger partial charge in [0.25, 0.3) is 5.56 Å². The van der Waals surface area contributed by atoms with Gasteiger partial charge in [0.05, 0.1) is 17.8 Å². The van der Waals surface area contributed by atoms with E-state index < -0.39 is 23.1 Å². The maximum atomic E-state index is 13.4. The number of hydrogen-bond acceptors (Lipinski definition) is 1. The average molecular weight is 361 g/mol. The number of halogens is 4. The smallest absolute Gasteiger partial charge is 0.304 e. The summed E-state index contributed by atoms with van der Waals surface area (Å²) >= 11 is 0. The quantitative estimate of drug-likeness (QED) is 0.600. The molecule has 0 atom stereocenters. The highest BCUT2D eigenvalue weighted by Crippen LogP contribution is 2.31. The Labute approximate surface area is 147 Å². The molecule has 6 heteroatoms. The van der Waals surface area contributed by atoms with E-state index in [9.17, 15) is 22.4 Å². The summed E-state index contributed by atoms with van der Waals surface area (Å²) in [7, 11) is 0. The molecule has 26 heavy (non-hydrogen) atoms. The number of pyridine rings is 1. The first-order valence-corrected chi connectivity index (χ1v) is 7.87. The highest BCUT2D eigenvalue weighted by atomic mass is 19.4. The van der Waals surface area contributed by atoms with Crippen LogP contribution in [0, 0.1) is 12.7 Å². The van der Waals surface area contributed by atoms with Crippen molar-refractivity contribution in [2.24, 2.45) is 0 Å². The van der Waals surface area contributed by atoms with Crippen molar-refractivity contribution in [3.8, 4) is 11.3 Å². The summed E-state index contributed by atoms with van der Waals surface area (Å²) in [4.78, 5) is 12.4. The Balaban J connectivity index is 2.20. The first kappa shape index (κ1) is 17.9. The van der Waals surface area contributed by atoms with Crippen LogP contribution in [0.25, 0.3) is 11.3 Å². The predicted octanol–water partition coefficient (Wildman–Crippen LogP) is 5.03. The maximum absolute atomic E-state index is 13.4. The Bertz CT molecular complexity index is 1010. The van der Waals surface area contributed by atoms with E-state index in [1.54, 1.807) is 24.3 Å².